The summed E-state index contributed by atoms with van der Waals surface area (Å²) in [5.41, 5.74) is 1.64. The maximum absolute atomic E-state index is 13.1. The van der Waals surface area contributed by atoms with Gasteiger partial charge in [-0.15, -0.1) is 0 Å². The minimum absolute atomic E-state index is 0.166. The molecule has 5 nitrogen and oxygen atoms in total. The minimum Gasteiger partial charge on any atom is -0.354 e. The van der Waals surface area contributed by atoms with Crippen LogP contribution in [0.25, 0.3) is 0 Å². The highest BCUT2D eigenvalue weighted by Gasteiger charge is 2.25. The Morgan fingerprint density at radius 2 is 2.23 bits per heavy atom. The summed E-state index contributed by atoms with van der Waals surface area (Å²) in [6.07, 6.45) is 2.01. The van der Waals surface area contributed by atoms with Crippen molar-refractivity contribution < 1.29 is 14.0 Å². The summed E-state index contributed by atoms with van der Waals surface area (Å²) < 4.78 is 13.1. The molecule has 2 amide bonds. The molecule has 1 fully saturated rings. The number of benzene rings is 1. The predicted molar refractivity (Wildman–Crippen MR) is 81.9 cm³/mol. The van der Waals surface area contributed by atoms with E-state index < -0.39 is 6.04 Å². The van der Waals surface area contributed by atoms with Gasteiger partial charge >= 0.3 is 0 Å². The van der Waals surface area contributed by atoms with Gasteiger partial charge in [0.1, 0.15) is 11.9 Å². The molecule has 1 atom stereocenters. The Morgan fingerprint density at radius 3 is 2.86 bits per heavy atom. The molecule has 0 aromatic heterocycles. The van der Waals surface area contributed by atoms with Crippen molar-refractivity contribution in [1.29, 1.82) is 0 Å². The summed E-state index contributed by atoms with van der Waals surface area (Å²) in [6, 6.07) is 5.60. The smallest absolute Gasteiger partial charge is 0.249 e. The van der Waals surface area contributed by atoms with Crippen LogP contribution in [0, 0.1) is 5.82 Å². The highest BCUT2D eigenvalue weighted by Crippen LogP contribution is 2.07. The quantitative estimate of drug-likeness (QED) is 0.654. The first-order valence-electron chi connectivity index (χ1n) is 7.03. The maximum atomic E-state index is 13.1. The van der Waals surface area contributed by atoms with E-state index in [4.69, 9.17) is 0 Å². The SMILES string of the molecule is CC(=N/C=C(\C)C(=O)NC1CCNC1=O)c1cccc(F)c1. The molecule has 1 unspecified atom stereocenters. The van der Waals surface area contributed by atoms with E-state index in [0.29, 0.717) is 29.8 Å². The van der Waals surface area contributed by atoms with Crippen molar-refractivity contribution in [3.63, 3.8) is 0 Å². The van der Waals surface area contributed by atoms with E-state index in [0.717, 1.165) is 0 Å². The molecular formula is C16H18FN3O2. The van der Waals surface area contributed by atoms with Crippen LogP contribution in [-0.2, 0) is 9.59 Å². The molecule has 22 heavy (non-hydrogen) atoms. The molecule has 1 aliphatic heterocycles. The van der Waals surface area contributed by atoms with E-state index in [1.807, 2.05) is 0 Å². The van der Waals surface area contributed by atoms with Crippen LogP contribution < -0.4 is 10.6 Å². The lowest BCUT2D eigenvalue weighted by molar-refractivity contribution is -0.125. The molecule has 0 saturated carbocycles. The monoisotopic (exact) mass is 303 g/mol. The molecule has 1 aliphatic rings. The van der Waals surface area contributed by atoms with Crippen molar-refractivity contribution in [2.45, 2.75) is 26.3 Å². The molecule has 2 rings (SSSR count). The second-order valence-corrected chi connectivity index (χ2v) is 5.14. The van der Waals surface area contributed by atoms with E-state index in [-0.39, 0.29) is 17.6 Å². The summed E-state index contributed by atoms with van der Waals surface area (Å²) in [5.74, 6) is -0.837. The van der Waals surface area contributed by atoms with Gasteiger partial charge in [-0.25, -0.2) is 4.39 Å². The van der Waals surface area contributed by atoms with Gasteiger partial charge in [0, 0.05) is 24.0 Å². The summed E-state index contributed by atoms with van der Waals surface area (Å²) in [4.78, 5) is 27.5. The Labute approximate surface area is 128 Å². The Bertz CT molecular complexity index is 653. The lowest BCUT2D eigenvalue weighted by Crippen LogP contribution is -2.40. The van der Waals surface area contributed by atoms with Crippen molar-refractivity contribution in [2.75, 3.05) is 6.54 Å². The standard InChI is InChI=1S/C16H18FN3O2/c1-10(15(21)20-14-6-7-18-16(14)22)9-19-11(2)12-4-3-5-13(17)8-12/h3-5,8-9,14H,6-7H2,1-2H3,(H,18,22)(H,20,21)/b10-9+,19-11?. The van der Waals surface area contributed by atoms with Gasteiger partial charge in [0.15, 0.2) is 0 Å². The van der Waals surface area contributed by atoms with Crippen LogP contribution in [0.3, 0.4) is 0 Å². The lowest BCUT2D eigenvalue weighted by Gasteiger charge is -2.09. The van der Waals surface area contributed by atoms with E-state index in [2.05, 4.69) is 15.6 Å². The van der Waals surface area contributed by atoms with Gasteiger partial charge in [-0.05, 0) is 38.0 Å². The molecule has 1 saturated heterocycles. The number of amides is 2. The fraction of sp³-hybridized carbons (Fsp3) is 0.312. The Kier molecular flexibility index (Phi) is 5.04. The van der Waals surface area contributed by atoms with Crippen LogP contribution in [0.4, 0.5) is 4.39 Å². The van der Waals surface area contributed by atoms with E-state index in [1.54, 1.807) is 26.0 Å². The van der Waals surface area contributed by atoms with Crippen LogP contribution in [-0.4, -0.2) is 30.1 Å². The molecule has 1 heterocycles. The molecule has 1 aromatic carbocycles. The first-order chi connectivity index (χ1) is 10.5. The number of hydrogen-bond acceptors (Lipinski definition) is 3. The number of aliphatic imine (C=N–C) groups is 1. The van der Waals surface area contributed by atoms with Gasteiger partial charge in [-0.2, -0.15) is 0 Å². The van der Waals surface area contributed by atoms with Gasteiger partial charge in [0.2, 0.25) is 11.8 Å². The first-order valence-corrected chi connectivity index (χ1v) is 7.03. The molecule has 0 spiro atoms. The summed E-state index contributed by atoms with van der Waals surface area (Å²) in [6.45, 7) is 3.93. The number of carbonyl (C=O) groups is 2. The van der Waals surface area contributed by atoms with E-state index in [9.17, 15) is 14.0 Å². The molecular weight excluding hydrogens is 285 g/mol. The number of hydrogen-bond donors (Lipinski definition) is 2. The van der Waals surface area contributed by atoms with Gasteiger partial charge in [0.05, 0.1) is 0 Å². The van der Waals surface area contributed by atoms with Gasteiger partial charge < -0.3 is 10.6 Å². The minimum atomic E-state index is -0.482. The topological polar surface area (TPSA) is 70.6 Å². The van der Waals surface area contributed by atoms with Crippen LogP contribution >= 0.6 is 0 Å². The average Bonchev–Trinajstić information content (AvgIpc) is 2.89. The molecule has 6 heteroatoms. The molecule has 1 aromatic rings. The van der Waals surface area contributed by atoms with E-state index in [1.165, 1.54) is 18.3 Å². The first kappa shape index (κ1) is 15.9. The van der Waals surface area contributed by atoms with Crippen molar-refractivity contribution in [3.05, 3.63) is 47.4 Å². The zero-order valence-electron chi connectivity index (χ0n) is 12.5. The van der Waals surface area contributed by atoms with E-state index >= 15 is 0 Å². The number of nitrogens with one attached hydrogen (secondary N) is 2. The normalized spacial score (nSPS) is 19.0. The second-order valence-electron chi connectivity index (χ2n) is 5.14. The van der Waals surface area contributed by atoms with Gasteiger partial charge in [-0.3, -0.25) is 14.6 Å². The van der Waals surface area contributed by atoms with Crippen LogP contribution in [0.2, 0.25) is 0 Å². The number of rotatable bonds is 4. The zero-order valence-corrected chi connectivity index (χ0v) is 12.5. The Hall–Kier alpha value is -2.50. The van der Waals surface area contributed by atoms with Crippen molar-refractivity contribution in [2.24, 2.45) is 4.99 Å². The molecule has 0 aliphatic carbocycles. The van der Waals surface area contributed by atoms with Crippen molar-refractivity contribution in [1.82, 2.24) is 10.6 Å². The van der Waals surface area contributed by atoms with Crippen LogP contribution in [0.1, 0.15) is 25.8 Å². The summed E-state index contributed by atoms with van der Waals surface area (Å²) in [7, 11) is 0. The molecule has 0 radical (unpaired) electrons. The predicted octanol–water partition coefficient (Wildman–Crippen LogP) is 1.54. The highest BCUT2D eigenvalue weighted by molar-refractivity contribution is 6.00. The van der Waals surface area contributed by atoms with Gasteiger partial charge in [-0.1, -0.05) is 12.1 Å². The number of nitrogens with zero attached hydrogens (tertiary/aromatic N) is 1. The molecule has 2 N–H and O–H groups in total. The maximum Gasteiger partial charge on any atom is 0.249 e. The molecule has 0 bridgehead atoms. The summed E-state index contributed by atoms with van der Waals surface area (Å²) in [5, 5.41) is 5.31. The fourth-order valence-electron chi connectivity index (χ4n) is 2.04. The second kappa shape index (κ2) is 6.98. The Morgan fingerprint density at radius 1 is 1.45 bits per heavy atom. The third-order valence-corrected chi connectivity index (χ3v) is 3.41. The zero-order chi connectivity index (χ0) is 16.1. The lowest BCUT2D eigenvalue weighted by atomic mass is 10.1. The number of carbonyl (C=O) groups excluding carboxylic acids is 2. The Balaban J connectivity index is 2.03. The van der Waals surface area contributed by atoms with Crippen molar-refractivity contribution in [3.8, 4) is 0 Å². The largest absolute Gasteiger partial charge is 0.354 e. The van der Waals surface area contributed by atoms with Gasteiger partial charge in [0.25, 0.3) is 0 Å². The number of halogens is 1. The average molecular weight is 303 g/mol. The fourth-order valence-corrected chi connectivity index (χ4v) is 2.04. The highest BCUT2D eigenvalue weighted by atomic mass is 19.1. The van der Waals surface area contributed by atoms with Crippen LogP contribution in [0.5, 0.6) is 0 Å². The molecule has 116 valence electrons. The van der Waals surface area contributed by atoms with Crippen molar-refractivity contribution >= 4 is 17.5 Å². The van der Waals surface area contributed by atoms with Crippen LogP contribution in [0.15, 0.2) is 41.0 Å². The summed E-state index contributed by atoms with van der Waals surface area (Å²) >= 11 is 0. The third-order valence-electron chi connectivity index (χ3n) is 3.41. The third kappa shape index (κ3) is 4.00.